The third-order valence-electron chi connectivity index (χ3n) is 1.77. The largest absolute Gasteiger partial charge is 0.468 e. The predicted octanol–water partition coefficient (Wildman–Crippen LogP) is 1.76. The predicted molar refractivity (Wildman–Crippen MR) is 53.0 cm³/mol. The third-order valence-corrected chi connectivity index (χ3v) is 2.38. The average molecular weight is 262 g/mol. The fourth-order valence-corrected chi connectivity index (χ4v) is 1.40. The molecule has 2 N–H and O–H groups in total. The van der Waals surface area contributed by atoms with Crippen LogP contribution in [0.1, 0.15) is 11.6 Å². The molecule has 14 heavy (non-hydrogen) atoms. The topological polar surface area (TPSA) is 52.3 Å². The Balaban J connectivity index is 3.07. The minimum atomic E-state index is -1.09. The molecule has 1 atom stereocenters. The summed E-state index contributed by atoms with van der Waals surface area (Å²) in [7, 11) is 1.21. The van der Waals surface area contributed by atoms with Crippen LogP contribution in [0.3, 0.4) is 0 Å². The molecule has 76 valence electrons. The van der Waals surface area contributed by atoms with Gasteiger partial charge in [0.25, 0.3) is 0 Å². The lowest BCUT2D eigenvalue weighted by molar-refractivity contribution is -0.142. The summed E-state index contributed by atoms with van der Waals surface area (Å²) < 4.78 is 18.1. The van der Waals surface area contributed by atoms with Gasteiger partial charge >= 0.3 is 5.97 Å². The van der Waals surface area contributed by atoms with Gasteiger partial charge in [0, 0.05) is 5.56 Å². The Hall–Kier alpha value is -0.940. The van der Waals surface area contributed by atoms with Gasteiger partial charge in [-0.25, -0.2) is 4.39 Å². The summed E-state index contributed by atoms with van der Waals surface area (Å²) in [6.07, 6.45) is 0. The number of nitrogens with two attached hydrogens (primary N) is 1. The second-order valence-electron chi connectivity index (χ2n) is 2.64. The van der Waals surface area contributed by atoms with Crippen LogP contribution in [0.2, 0.25) is 0 Å². The molecule has 0 saturated heterocycles. The van der Waals surface area contributed by atoms with E-state index in [1.54, 1.807) is 6.07 Å². The summed E-state index contributed by atoms with van der Waals surface area (Å²) in [6, 6.07) is 3.49. The van der Waals surface area contributed by atoms with Gasteiger partial charge in [0.1, 0.15) is 11.9 Å². The van der Waals surface area contributed by atoms with Gasteiger partial charge in [0.15, 0.2) is 0 Å². The fraction of sp³-hybridized carbons (Fsp3) is 0.222. The molecule has 0 saturated carbocycles. The van der Waals surface area contributed by atoms with Crippen molar-refractivity contribution < 1.29 is 13.9 Å². The van der Waals surface area contributed by atoms with E-state index in [9.17, 15) is 9.18 Å². The highest BCUT2D eigenvalue weighted by atomic mass is 79.9. The summed E-state index contributed by atoms with van der Waals surface area (Å²) in [5.41, 5.74) is 5.60. The first kappa shape index (κ1) is 11.1. The van der Waals surface area contributed by atoms with E-state index in [1.807, 2.05) is 0 Å². The Labute approximate surface area is 89.2 Å². The summed E-state index contributed by atoms with van der Waals surface area (Å²) in [5.74, 6) is -1.20. The number of carbonyl (C=O) groups excluding carboxylic acids is 1. The van der Waals surface area contributed by atoms with Crippen LogP contribution in [-0.2, 0) is 9.53 Å². The number of methoxy groups -OCH3 is 1. The summed E-state index contributed by atoms with van der Waals surface area (Å²) in [5, 5.41) is 0. The van der Waals surface area contributed by atoms with E-state index >= 15 is 0 Å². The number of ether oxygens (including phenoxy) is 1. The maximum atomic E-state index is 13.4. The van der Waals surface area contributed by atoms with E-state index in [1.165, 1.54) is 19.2 Å². The van der Waals surface area contributed by atoms with Crippen LogP contribution in [-0.4, -0.2) is 13.1 Å². The highest BCUT2D eigenvalue weighted by Crippen LogP contribution is 2.23. The molecule has 0 aliphatic rings. The number of hydrogen-bond donors (Lipinski definition) is 1. The monoisotopic (exact) mass is 261 g/mol. The Morgan fingerprint density at radius 1 is 1.64 bits per heavy atom. The highest BCUT2D eigenvalue weighted by molar-refractivity contribution is 9.10. The molecule has 1 aromatic rings. The molecular formula is C9H9BrFNO2. The number of benzene rings is 1. The third kappa shape index (κ3) is 2.10. The van der Waals surface area contributed by atoms with Gasteiger partial charge in [-0.15, -0.1) is 0 Å². The van der Waals surface area contributed by atoms with Crippen molar-refractivity contribution in [3.05, 3.63) is 34.1 Å². The Morgan fingerprint density at radius 2 is 2.29 bits per heavy atom. The second kappa shape index (κ2) is 4.52. The van der Waals surface area contributed by atoms with Crippen molar-refractivity contribution in [3.8, 4) is 0 Å². The second-order valence-corrected chi connectivity index (χ2v) is 3.50. The van der Waals surface area contributed by atoms with Gasteiger partial charge in [-0.3, -0.25) is 4.79 Å². The van der Waals surface area contributed by atoms with Crippen LogP contribution >= 0.6 is 15.9 Å². The van der Waals surface area contributed by atoms with E-state index < -0.39 is 17.8 Å². The number of carbonyl (C=O) groups is 1. The van der Waals surface area contributed by atoms with Crippen molar-refractivity contribution in [1.82, 2.24) is 0 Å². The fourth-order valence-electron chi connectivity index (χ4n) is 1.01. The summed E-state index contributed by atoms with van der Waals surface area (Å²) in [4.78, 5) is 11.0. The molecule has 0 aliphatic heterocycles. The lowest BCUT2D eigenvalue weighted by atomic mass is 10.1. The zero-order chi connectivity index (χ0) is 10.7. The standard InChI is InChI=1S/C9H9BrFNO2/c1-14-9(13)8(12)5-3-2-4-6(10)7(5)11/h2-4,8H,12H2,1H3/t8-/m0/s1. The van der Waals surface area contributed by atoms with Gasteiger partial charge in [0.2, 0.25) is 0 Å². The molecule has 5 heteroatoms. The molecule has 0 radical (unpaired) electrons. The molecule has 0 spiro atoms. The first-order valence-corrected chi connectivity index (χ1v) is 4.64. The maximum absolute atomic E-state index is 13.4. The van der Waals surface area contributed by atoms with Crippen LogP contribution in [0, 0.1) is 5.82 Å². The van der Waals surface area contributed by atoms with Gasteiger partial charge in [0.05, 0.1) is 11.6 Å². The van der Waals surface area contributed by atoms with Crippen LogP contribution in [0.5, 0.6) is 0 Å². The van der Waals surface area contributed by atoms with Crippen LogP contribution in [0.15, 0.2) is 22.7 Å². The van der Waals surface area contributed by atoms with Gasteiger partial charge in [-0.05, 0) is 22.0 Å². The zero-order valence-corrected chi connectivity index (χ0v) is 9.05. The van der Waals surface area contributed by atoms with E-state index in [4.69, 9.17) is 5.73 Å². The van der Waals surface area contributed by atoms with Crippen molar-refractivity contribution in [2.75, 3.05) is 7.11 Å². The van der Waals surface area contributed by atoms with E-state index in [2.05, 4.69) is 20.7 Å². The van der Waals surface area contributed by atoms with Crippen molar-refractivity contribution in [2.45, 2.75) is 6.04 Å². The van der Waals surface area contributed by atoms with Crippen LogP contribution < -0.4 is 5.73 Å². The quantitative estimate of drug-likeness (QED) is 0.826. The lowest BCUT2D eigenvalue weighted by Crippen LogP contribution is -2.23. The molecule has 0 aliphatic carbocycles. The molecule has 0 unspecified atom stereocenters. The smallest absolute Gasteiger partial charge is 0.327 e. The molecule has 0 heterocycles. The van der Waals surface area contributed by atoms with Crippen molar-refractivity contribution in [3.63, 3.8) is 0 Å². The van der Waals surface area contributed by atoms with Gasteiger partial charge in [-0.1, -0.05) is 12.1 Å². The Bertz CT molecular complexity index is 357. The molecule has 0 aromatic heterocycles. The van der Waals surface area contributed by atoms with E-state index in [-0.39, 0.29) is 10.0 Å². The molecule has 0 fully saturated rings. The Morgan fingerprint density at radius 3 is 2.86 bits per heavy atom. The zero-order valence-electron chi connectivity index (χ0n) is 7.46. The molecule has 0 amide bonds. The number of hydrogen-bond acceptors (Lipinski definition) is 3. The summed E-state index contributed by atoms with van der Waals surface area (Å²) >= 11 is 3.00. The van der Waals surface area contributed by atoms with Crippen LogP contribution in [0.4, 0.5) is 4.39 Å². The number of halogens is 2. The maximum Gasteiger partial charge on any atom is 0.327 e. The van der Waals surface area contributed by atoms with Crippen LogP contribution in [0.25, 0.3) is 0 Å². The van der Waals surface area contributed by atoms with E-state index in [0.717, 1.165) is 0 Å². The number of esters is 1. The van der Waals surface area contributed by atoms with Crippen molar-refractivity contribution in [1.29, 1.82) is 0 Å². The minimum Gasteiger partial charge on any atom is -0.468 e. The Kier molecular flexibility index (Phi) is 3.60. The van der Waals surface area contributed by atoms with Gasteiger partial charge < -0.3 is 10.5 Å². The number of rotatable bonds is 2. The molecular weight excluding hydrogens is 253 g/mol. The van der Waals surface area contributed by atoms with Gasteiger partial charge in [-0.2, -0.15) is 0 Å². The molecule has 1 aromatic carbocycles. The molecule has 3 nitrogen and oxygen atoms in total. The molecule has 1 rings (SSSR count). The van der Waals surface area contributed by atoms with Crippen molar-refractivity contribution >= 4 is 21.9 Å². The minimum absolute atomic E-state index is 0.117. The van der Waals surface area contributed by atoms with Crippen molar-refractivity contribution in [2.24, 2.45) is 5.73 Å². The highest BCUT2D eigenvalue weighted by Gasteiger charge is 2.20. The van der Waals surface area contributed by atoms with E-state index in [0.29, 0.717) is 0 Å². The SMILES string of the molecule is COC(=O)[C@@H](N)c1cccc(Br)c1F. The summed E-state index contributed by atoms with van der Waals surface area (Å²) in [6.45, 7) is 0. The first-order valence-electron chi connectivity index (χ1n) is 3.85. The lowest BCUT2D eigenvalue weighted by Gasteiger charge is -2.10. The average Bonchev–Trinajstić information content (AvgIpc) is 2.20. The normalized spacial score (nSPS) is 12.3. The molecule has 0 bridgehead atoms. The first-order chi connectivity index (χ1) is 6.57.